The van der Waals surface area contributed by atoms with E-state index in [1.165, 1.54) is 17.9 Å². The van der Waals surface area contributed by atoms with Gasteiger partial charge in [0, 0.05) is 55.4 Å². The van der Waals surface area contributed by atoms with Crippen LogP contribution in [0, 0.1) is 0 Å². The Hall–Kier alpha value is -0.710. The SMILES string of the molecule is CCCN1CCC(NC(=NCC(=O)N(C)C)NCCSc2ccc(Cl)cc2)CC1.I. The van der Waals surface area contributed by atoms with Crippen LogP contribution in [0.4, 0.5) is 0 Å². The maximum Gasteiger partial charge on any atom is 0.243 e. The van der Waals surface area contributed by atoms with Crippen molar-refractivity contribution in [1.82, 2.24) is 20.4 Å². The zero-order valence-electron chi connectivity index (χ0n) is 18.2. The van der Waals surface area contributed by atoms with Crippen molar-refractivity contribution >= 4 is 59.2 Å². The summed E-state index contributed by atoms with van der Waals surface area (Å²) in [4.78, 5) is 21.7. The number of benzene rings is 1. The fraction of sp³-hybridized carbons (Fsp3) is 0.619. The van der Waals surface area contributed by atoms with Crippen LogP contribution in [0.15, 0.2) is 34.2 Å². The predicted octanol–water partition coefficient (Wildman–Crippen LogP) is 3.55. The number of rotatable bonds is 9. The van der Waals surface area contributed by atoms with Crippen LogP contribution in [0.1, 0.15) is 26.2 Å². The topological polar surface area (TPSA) is 60.0 Å². The molecule has 0 atom stereocenters. The lowest BCUT2D eigenvalue weighted by Crippen LogP contribution is -2.49. The van der Waals surface area contributed by atoms with Crippen LogP contribution in [0.3, 0.4) is 0 Å². The molecule has 9 heteroatoms. The van der Waals surface area contributed by atoms with Crippen LogP contribution in [0.5, 0.6) is 0 Å². The number of likely N-dealkylation sites (N-methyl/N-ethyl adjacent to an activating group) is 1. The number of thioether (sulfide) groups is 1. The molecule has 0 bridgehead atoms. The largest absolute Gasteiger partial charge is 0.356 e. The molecule has 0 unspecified atom stereocenters. The minimum absolute atomic E-state index is 0. The van der Waals surface area contributed by atoms with E-state index in [4.69, 9.17) is 11.6 Å². The van der Waals surface area contributed by atoms with Crippen molar-refractivity contribution in [1.29, 1.82) is 0 Å². The van der Waals surface area contributed by atoms with Crippen LogP contribution < -0.4 is 10.6 Å². The number of amides is 1. The quantitative estimate of drug-likeness (QED) is 0.157. The number of aliphatic imine (C=N–C) groups is 1. The molecule has 1 aliphatic rings. The third-order valence-electron chi connectivity index (χ3n) is 4.82. The van der Waals surface area contributed by atoms with Gasteiger partial charge in [-0.1, -0.05) is 18.5 Å². The number of carbonyl (C=O) groups excluding carboxylic acids is 1. The van der Waals surface area contributed by atoms with Gasteiger partial charge in [-0.25, -0.2) is 4.99 Å². The standard InChI is InChI=1S/C21H34ClN5OS.HI/c1-4-12-27-13-9-18(10-14-27)25-21(24-16-20(28)26(2)3)23-11-15-29-19-7-5-17(22)6-8-19;/h5-8,18H,4,9-16H2,1-3H3,(H2,23,24,25);1H. The minimum atomic E-state index is -0.000552. The number of hydrogen-bond acceptors (Lipinski definition) is 4. The Bertz CT molecular complexity index is 651. The highest BCUT2D eigenvalue weighted by Crippen LogP contribution is 2.19. The van der Waals surface area contributed by atoms with Crippen LogP contribution in [-0.2, 0) is 4.79 Å². The first-order valence-electron chi connectivity index (χ1n) is 10.3. The number of likely N-dealkylation sites (tertiary alicyclic amines) is 1. The first-order chi connectivity index (χ1) is 14.0. The molecule has 6 nitrogen and oxygen atoms in total. The van der Waals surface area contributed by atoms with E-state index in [0.29, 0.717) is 6.04 Å². The molecule has 1 heterocycles. The molecule has 1 amide bonds. The molecule has 0 aromatic heterocycles. The Morgan fingerprint density at radius 2 is 1.93 bits per heavy atom. The van der Waals surface area contributed by atoms with Crippen molar-refractivity contribution < 1.29 is 4.79 Å². The van der Waals surface area contributed by atoms with Gasteiger partial charge in [-0.15, -0.1) is 35.7 Å². The molecular formula is C21H35ClIN5OS. The monoisotopic (exact) mass is 567 g/mol. The molecule has 1 aliphatic heterocycles. The molecule has 170 valence electrons. The van der Waals surface area contributed by atoms with Gasteiger partial charge in [-0.05, 0) is 50.1 Å². The Kier molecular flexibility index (Phi) is 13.8. The normalized spacial score (nSPS) is 15.4. The summed E-state index contributed by atoms with van der Waals surface area (Å²) < 4.78 is 0. The summed E-state index contributed by atoms with van der Waals surface area (Å²) in [7, 11) is 3.51. The van der Waals surface area contributed by atoms with Crippen molar-refractivity contribution in [2.45, 2.75) is 37.1 Å². The molecule has 0 radical (unpaired) electrons. The summed E-state index contributed by atoms with van der Waals surface area (Å²) in [5.74, 6) is 1.63. The molecule has 30 heavy (non-hydrogen) atoms. The van der Waals surface area contributed by atoms with Crippen molar-refractivity contribution in [3.8, 4) is 0 Å². The lowest BCUT2D eigenvalue weighted by molar-refractivity contribution is -0.127. The van der Waals surface area contributed by atoms with E-state index in [1.54, 1.807) is 30.8 Å². The summed E-state index contributed by atoms with van der Waals surface area (Å²) in [6.07, 6.45) is 3.40. The third-order valence-corrected chi connectivity index (χ3v) is 6.08. The highest BCUT2D eigenvalue weighted by molar-refractivity contribution is 14.0. The number of nitrogens with one attached hydrogen (secondary N) is 2. The second-order valence-corrected chi connectivity index (χ2v) is 9.05. The van der Waals surface area contributed by atoms with E-state index in [2.05, 4.69) is 27.4 Å². The molecule has 0 saturated carbocycles. The molecular weight excluding hydrogens is 533 g/mol. The van der Waals surface area contributed by atoms with E-state index >= 15 is 0 Å². The summed E-state index contributed by atoms with van der Waals surface area (Å²) in [5, 5.41) is 7.67. The molecule has 1 aromatic rings. The summed E-state index contributed by atoms with van der Waals surface area (Å²) in [6.45, 7) is 6.54. The lowest BCUT2D eigenvalue weighted by atomic mass is 10.1. The maximum atomic E-state index is 11.9. The lowest BCUT2D eigenvalue weighted by Gasteiger charge is -2.32. The van der Waals surface area contributed by atoms with Crippen LogP contribution in [-0.4, -0.2) is 80.3 Å². The fourth-order valence-electron chi connectivity index (χ4n) is 3.12. The number of halogens is 2. The summed E-state index contributed by atoms with van der Waals surface area (Å²) in [6, 6.07) is 8.26. The molecule has 2 N–H and O–H groups in total. The number of hydrogen-bond donors (Lipinski definition) is 2. The number of piperidine rings is 1. The van der Waals surface area contributed by atoms with Gasteiger partial charge in [0.15, 0.2) is 5.96 Å². The highest BCUT2D eigenvalue weighted by Gasteiger charge is 2.19. The van der Waals surface area contributed by atoms with Gasteiger partial charge in [-0.2, -0.15) is 0 Å². The van der Waals surface area contributed by atoms with Crippen LogP contribution >= 0.6 is 47.3 Å². The number of guanidine groups is 1. The third kappa shape index (κ3) is 10.5. The molecule has 1 aromatic carbocycles. The van der Waals surface area contributed by atoms with Gasteiger partial charge in [0.05, 0.1) is 0 Å². The van der Waals surface area contributed by atoms with Gasteiger partial charge >= 0.3 is 0 Å². The van der Waals surface area contributed by atoms with Crippen LogP contribution in [0.2, 0.25) is 5.02 Å². The van der Waals surface area contributed by atoms with Crippen molar-refractivity contribution in [3.63, 3.8) is 0 Å². The molecule has 1 fully saturated rings. The molecule has 0 spiro atoms. The van der Waals surface area contributed by atoms with Gasteiger partial charge in [-0.3, -0.25) is 4.79 Å². The second-order valence-electron chi connectivity index (χ2n) is 7.44. The predicted molar refractivity (Wildman–Crippen MR) is 139 cm³/mol. The van der Waals surface area contributed by atoms with E-state index in [1.807, 2.05) is 24.3 Å². The zero-order valence-corrected chi connectivity index (χ0v) is 22.1. The number of carbonyl (C=O) groups is 1. The Labute approximate surface area is 207 Å². The highest BCUT2D eigenvalue weighted by atomic mass is 127. The number of nitrogens with zero attached hydrogens (tertiary/aromatic N) is 3. The smallest absolute Gasteiger partial charge is 0.243 e. The van der Waals surface area contributed by atoms with Gasteiger partial charge in [0.2, 0.25) is 5.91 Å². The maximum absolute atomic E-state index is 11.9. The van der Waals surface area contributed by atoms with Gasteiger partial charge < -0.3 is 20.4 Å². The summed E-state index contributed by atoms with van der Waals surface area (Å²) in [5.41, 5.74) is 0. The Morgan fingerprint density at radius 3 is 2.53 bits per heavy atom. The fourth-order valence-corrected chi connectivity index (χ4v) is 4.01. The average molecular weight is 568 g/mol. The molecule has 0 aliphatic carbocycles. The van der Waals surface area contributed by atoms with Gasteiger partial charge in [0.1, 0.15) is 6.54 Å². The van der Waals surface area contributed by atoms with Crippen molar-refractivity contribution in [3.05, 3.63) is 29.3 Å². The van der Waals surface area contributed by atoms with E-state index in [9.17, 15) is 4.79 Å². The molecule has 2 rings (SSSR count). The second kappa shape index (κ2) is 15.2. The van der Waals surface area contributed by atoms with E-state index in [-0.39, 0.29) is 36.4 Å². The average Bonchev–Trinajstić information content (AvgIpc) is 2.71. The van der Waals surface area contributed by atoms with E-state index in [0.717, 1.165) is 49.2 Å². The first kappa shape index (κ1) is 27.3. The zero-order chi connectivity index (χ0) is 21.1. The van der Waals surface area contributed by atoms with Crippen molar-refractivity contribution in [2.24, 2.45) is 4.99 Å². The van der Waals surface area contributed by atoms with E-state index < -0.39 is 0 Å². The first-order valence-corrected chi connectivity index (χ1v) is 11.7. The van der Waals surface area contributed by atoms with Gasteiger partial charge in [0.25, 0.3) is 0 Å². The minimum Gasteiger partial charge on any atom is -0.356 e. The Morgan fingerprint density at radius 1 is 1.27 bits per heavy atom. The summed E-state index contributed by atoms with van der Waals surface area (Å²) >= 11 is 7.70. The Balaban J connectivity index is 0.00000450. The molecule has 1 saturated heterocycles. The van der Waals surface area contributed by atoms with Crippen molar-refractivity contribution in [2.75, 3.05) is 52.6 Å². The van der Waals surface area contributed by atoms with Crippen LogP contribution in [0.25, 0.3) is 0 Å².